The van der Waals surface area contributed by atoms with E-state index in [-0.39, 0.29) is 23.3 Å². The molecule has 1 atom stereocenters. The van der Waals surface area contributed by atoms with E-state index < -0.39 is 0 Å². The Labute approximate surface area is 99.1 Å². The fourth-order valence-corrected chi connectivity index (χ4v) is 1.65. The van der Waals surface area contributed by atoms with E-state index in [1.165, 1.54) is 6.08 Å². The van der Waals surface area contributed by atoms with E-state index in [2.05, 4.69) is 16.9 Å². The van der Waals surface area contributed by atoms with Crippen molar-refractivity contribution in [1.29, 1.82) is 0 Å². The van der Waals surface area contributed by atoms with Gasteiger partial charge in [-0.1, -0.05) is 24.3 Å². The summed E-state index contributed by atoms with van der Waals surface area (Å²) in [4.78, 5) is 27.6. The molecule has 0 saturated heterocycles. The van der Waals surface area contributed by atoms with Gasteiger partial charge < -0.3 is 5.32 Å². The third-order valence-electron chi connectivity index (χ3n) is 2.47. The average Bonchev–Trinajstić information content (AvgIpc) is 2.36. The predicted octanol–water partition coefficient (Wildman–Crippen LogP) is 0.938. The number of nitrogens with zero attached hydrogens (tertiary/aromatic N) is 1. The number of carbonyl (C=O) groups excluding carboxylic acids is 2. The van der Waals surface area contributed by atoms with Crippen LogP contribution in [0.4, 0.5) is 0 Å². The molecule has 0 aromatic heterocycles. The van der Waals surface area contributed by atoms with Crippen molar-refractivity contribution < 1.29 is 9.59 Å². The Bertz CT molecular complexity index is 496. The highest BCUT2D eigenvalue weighted by Gasteiger charge is 2.26. The molecule has 1 aliphatic carbocycles. The Morgan fingerprint density at radius 2 is 2.35 bits per heavy atom. The number of hydrogen-bond donors (Lipinski definition) is 1. The Hall–Kier alpha value is -2.23. The fourth-order valence-electron chi connectivity index (χ4n) is 1.65. The molecule has 2 aliphatic rings. The maximum Gasteiger partial charge on any atom is 0.270 e. The number of hydrogen-bond acceptors (Lipinski definition) is 3. The summed E-state index contributed by atoms with van der Waals surface area (Å²) in [6.45, 7) is 3.86. The lowest BCUT2D eigenvalue weighted by atomic mass is 9.91. The van der Waals surface area contributed by atoms with Crippen LogP contribution in [0.15, 0.2) is 53.7 Å². The minimum absolute atomic E-state index is 0.112. The standard InChI is InChI=1S/C13H12N2O2/c1-2-7-14-13(17)11-8-12(16)9-5-3-4-6-10(9)15-11/h2-6,8-9H,1,7H2,(H,14,17). The summed E-state index contributed by atoms with van der Waals surface area (Å²) in [6.07, 6.45) is 9.98. The van der Waals surface area contributed by atoms with Gasteiger partial charge in [0.1, 0.15) is 5.70 Å². The van der Waals surface area contributed by atoms with Crippen molar-refractivity contribution in [2.75, 3.05) is 6.54 Å². The van der Waals surface area contributed by atoms with Crippen molar-refractivity contribution >= 4 is 17.4 Å². The Morgan fingerprint density at radius 3 is 3.12 bits per heavy atom. The second kappa shape index (κ2) is 4.74. The zero-order chi connectivity index (χ0) is 12.3. The fraction of sp³-hybridized carbons (Fsp3) is 0.154. The van der Waals surface area contributed by atoms with E-state index >= 15 is 0 Å². The van der Waals surface area contributed by atoms with Crippen LogP contribution in [0.25, 0.3) is 0 Å². The Balaban J connectivity index is 2.21. The first kappa shape index (κ1) is 11.3. The predicted molar refractivity (Wildman–Crippen MR) is 65.5 cm³/mol. The molecule has 0 saturated carbocycles. The van der Waals surface area contributed by atoms with Crippen LogP contribution in [-0.4, -0.2) is 23.9 Å². The summed E-state index contributed by atoms with van der Waals surface area (Å²) in [7, 11) is 0. The summed E-state index contributed by atoms with van der Waals surface area (Å²) >= 11 is 0. The maximum atomic E-state index is 11.8. The van der Waals surface area contributed by atoms with Crippen molar-refractivity contribution in [3.8, 4) is 0 Å². The number of carbonyl (C=O) groups is 2. The summed E-state index contributed by atoms with van der Waals surface area (Å²) in [5.41, 5.74) is 0.770. The quantitative estimate of drug-likeness (QED) is 0.731. The lowest BCUT2D eigenvalue weighted by molar-refractivity contribution is -0.119. The third kappa shape index (κ3) is 2.30. The SMILES string of the molecule is C=CCNC(=O)C1=CC(=O)C2C=CC=CC2=N1. The third-order valence-corrected chi connectivity index (χ3v) is 2.47. The van der Waals surface area contributed by atoms with Crippen molar-refractivity contribution in [3.05, 3.63) is 48.7 Å². The van der Waals surface area contributed by atoms with Crippen LogP contribution in [0, 0.1) is 5.92 Å². The number of allylic oxidation sites excluding steroid dienone is 5. The first-order valence-corrected chi connectivity index (χ1v) is 5.30. The highest BCUT2D eigenvalue weighted by atomic mass is 16.2. The smallest absolute Gasteiger partial charge is 0.270 e. The number of nitrogens with one attached hydrogen (secondary N) is 1. The van der Waals surface area contributed by atoms with Gasteiger partial charge in [-0.15, -0.1) is 6.58 Å². The normalized spacial score (nSPS) is 21.4. The van der Waals surface area contributed by atoms with Crippen LogP contribution < -0.4 is 5.32 Å². The molecule has 0 radical (unpaired) electrons. The second-order valence-corrected chi connectivity index (χ2v) is 3.69. The topological polar surface area (TPSA) is 58.5 Å². The van der Waals surface area contributed by atoms with Crippen LogP contribution in [0.2, 0.25) is 0 Å². The van der Waals surface area contributed by atoms with Gasteiger partial charge in [-0.2, -0.15) is 0 Å². The molecule has 0 fully saturated rings. The first-order chi connectivity index (χ1) is 8.22. The summed E-state index contributed by atoms with van der Waals surface area (Å²) in [5.74, 6) is -0.803. The van der Waals surface area contributed by atoms with E-state index in [1.807, 2.05) is 0 Å². The molecule has 2 rings (SSSR count). The van der Waals surface area contributed by atoms with E-state index in [9.17, 15) is 9.59 Å². The van der Waals surface area contributed by atoms with Gasteiger partial charge in [0.15, 0.2) is 5.78 Å². The summed E-state index contributed by atoms with van der Waals surface area (Å²) in [6, 6.07) is 0. The van der Waals surface area contributed by atoms with Crippen LogP contribution >= 0.6 is 0 Å². The minimum Gasteiger partial charge on any atom is -0.347 e. The van der Waals surface area contributed by atoms with E-state index in [1.54, 1.807) is 30.4 Å². The van der Waals surface area contributed by atoms with Crippen molar-refractivity contribution in [1.82, 2.24) is 5.32 Å². The molecular weight excluding hydrogens is 216 g/mol. The minimum atomic E-state index is -0.354. The highest BCUT2D eigenvalue weighted by molar-refractivity contribution is 6.21. The molecule has 4 heteroatoms. The van der Waals surface area contributed by atoms with Gasteiger partial charge in [0, 0.05) is 12.6 Å². The van der Waals surface area contributed by atoms with E-state index in [0.29, 0.717) is 12.3 Å². The number of fused-ring (bicyclic) bond motifs is 1. The van der Waals surface area contributed by atoms with Crippen molar-refractivity contribution in [2.24, 2.45) is 10.9 Å². The van der Waals surface area contributed by atoms with Crippen molar-refractivity contribution in [3.63, 3.8) is 0 Å². The van der Waals surface area contributed by atoms with Crippen LogP contribution in [0.3, 0.4) is 0 Å². The van der Waals surface area contributed by atoms with Gasteiger partial charge in [-0.05, 0) is 6.08 Å². The van der Waals surface area contributed by atoms with Crippen LogP contribution in [0.5, 0.6) is 0 Å². The molecule has 0 aromatic carbocycles. The summed E-state index contributed by atoms with van der Waals surface area (Å²) in [5, 5.41) is 2.59. The summed E-state index contributed by atoms with van der Waals surface area (Å²) < 4.78 is 0. The number of ketones is 1. The molecule has 4 nitrogen and oxygen atoms in total. The van der Waals surface area contributed by atoms with Gasteiger partial charge in [-0.3, -0.25) is 9.59 Å². The van der Waals surface area contributed by atoms with Gasteiger partial charge in [0.2, 0.25) is 0 Å². The number of amides is 1. The Kier molecular flexibility index (Phi) is 3.14. The van der Waals surface area contributed by atoms with Gasteiger partial charge in [0.25, 0.3) is 5.91 Å². The molecule has 1 unspecified atom stereocenters. The Morgan fingerprint density at radius 1 is 1.53 bits per heavy atom. The van der Waals surface area contributed by atoms with Gasteiger partial charge in [-0.25, -0.2) is 4.99 Å². The molecule has 17 heavy (non-hydrogen) atoms. The van der Waals surface area contributed by atoms with Crippen LogP contribution in [-0.2, 0) is 9.59 Å². The molecular formula is C13H12N2O2. The van der Waals surface area contributed by atoms with Gasteiger partial charge in [0.05, 0.1) is 11.6 Å². The second-order valence-electron chi connectivity index (χ2n) is 3.69. The first-order valence-electron chi connectivity index (χ1n) is 5.30. The van der Waals surface area contributed by atoms with Crippen LogP contribution in [0.1, 0.15) is 0 Å². The largest absolute Gasteiger partial charge is 0.347 e. The van der Waals surface area contributed by atoms with E-state index in [0.717, 1.165) is 0 Å². The number of aliphatic imine (C=N–C) groups is 1. The molecule has 1 amide bonds. The molecule has 1 N–H and O–H groups in total. The van der Waals surface area contributed by atoms with Gasteiger partial charge >= 0.3 is 0 Å². The zero-order valence-electron chi connectivity index (χ0n) is 9.22. The molecule has 86 valence electrons. The molecule has 0 bridgehead atoms. The molecule has 1 heterocycles. The monoisotopic (exact) mass is 228 g/mol. The lowest BCUT2D eigenvalue weighted by Crippen LogP contribution is -2.30. The lowest BCUT2D eigenvalue weighted by Gasteiger charge is -2.18. The average molecular weight is 228 g/mol. The number of rotatable bonds is 3. The molecule has 1 aliphatic heterocycles. The maximum absolute atomic E-state index is 11.8. The molecule has 0 aromatic rings. The van der Waals surface area contributed by atoms with Crippen molar-refractivity contribution in [2.45, 2.75) is 0 Å². The van der Waals surface area contributed by atoms with E-state index in [4.69, 9.17) is 0 Å². The highest BCUT2D eigenvalue weighted by Crippen LogP contribution is 2.19. The molecule has 0 spiro atoms. The zero-order valence-corrected chi connectivity index (χ0v) is 9.22.